The second kappa shape index (κ2) is 10.9. The first-order valence-electron chi connectivity index (χ1n) is 12.1. The van der Waals surface area contributed by atoms with Crippen molar-refractivity contribution in [3.05, 3.63) is 89.4 Å². The minimum absolute atomic E-state index is 0.0158. The molecule has 2 aromatic heterocycles. The number of aryl methyl sites for hydroxylation is 1. The van der Waals surface area contributed by atoms with Crippen molar-refractivity contribution in [3.63, 3.8) is 0 Å². The van der Waals surface area contributed by atoms with E-state index in [9.17, 15) is 14.9 Å². The van der Waals surface area contributed by atoms with E-state index in [1.807, 2.05) is 64.3 Å². The van der Waals surface area contributed by atoms with Crippen LogP contribution in [0.15, 0.2) is 71.9 Å². The minimum Gasteiger partial charge on any atom is -0.465 e. The summed E-state index contributed by atoms with van der Waals surface area (Å²) in [6.07, 6.45) is 4.97. The summed E-state index contributed by atoms with van der Waals surface area (Å²) in [6, 6.07) is 18.9. The van der Waals surface area contributed by atoms with Crippen LogP contribution in [0.25, 0.3) is 10.9 Å². The number of esters is 1. The van der Waals surface area contributed by atoms with Crippen LogP contribution in [-0.2, 0) is 29.0 Å². The van der Waals surface area contributed by atoms with Gasteiger partial charge in [-0.1, -0.05) is 12.1 Å². The largest absolute Gasteiger partial charge is 0.465 e. The lowest BCUT2D eigenvalue weighted by Crippen LogP contribution is -2.46. The Morgan fingerprint density at radius 1 is 1.19 bits per heavy atom. The molecule has 0 aliphatic carbocycles. The van der Waals surface area contributed by atoms with E-state index in [0.29, 0.717) is 43.7 Å². The van der Waals surface area contributed by atoms with Crippen LogP contribution >= 0.6 is 11.9 Å². The van der Waals surface area contributed by atoms with Crippen LogP contribution in [0.2, 0.25) is 0 Å². The molecular formula is C28H27N5O3S. The fourth-order valence-electron chi connectivity index (χ4n) is 4.70. The Bertz CT molecular complexity index is 1480. The van der Waals surface area contributed by atoms with E-state index in [4.69, 9.17) is 4.74 Å². The Morgan fingerprint density at radius 2 is 2.08 bits per heavy atom. The van der Waals surface area contributed by atoms with Gasteiger partial charge in [-0.15, -0.1) is 0 Å². The van der Waals surface area contributed by atoms with Gasteiger partial charge in [0.25, 0.3) is 0 Å². The molecule has 1 amide bonds. The molecule has 0 fully saturated rings. The molecule has 0 saturated heterocycles. The second-order valence-electron chi connectivity index (χ2n) is 8.94. The maximum atomic E-state index is 13.8. The summed E-state index contributed by atoms with van der Waals surface area (Å²) in [7, 11) is 1.37. The Morgan fingerprint density at radius 3 is 2.92 bits per heavy atom. The van der Waals surface area contributed by atoms with Crippen LogP contribution in [0.3, 0.4) is 0 Å². The Kier molecular flexibility index (Phi) is 7.30. The van der Waals surface area contributed by atoms with Gasteiger partial charge in [0.15, 0.2) is 0 Å². The molecule has 0 spiro atoms. The lowest BCUT2D eigenvalue weighted by Gasteiger charge is -2.32. The van der Waals surface area contributed by atoms with Crippen molar-refractivity contribution in [2.24, 2.45) is 0 Å². The van der Waals surface area contributed by atoms with E-state index in [2.05, 4.69) is 15.8 Å². The number of aromatic amines is 1. The van der Waals surface area contributed by atoms with Gasteiger partial charge in [0.2, 0.25) is 5.91 Å². The topological polar surface area (TPSA) is 103 Å². The number of hydrogen-bond acceptors (Lipinski definition) is 6. The van der Waals surface area contributed by atoms with Gasteiger partial charge in [-0.3, -0.25) is 4.79 Å². The summed E-state index contributed by atoms with van der Waals surface area (Å²) in [5.41, 5.74) is 4.24. The third kappa shape index (κ3) is 5.26. The predicted molar refractivity (Wildman–Crippen MR) is 142 cm³/mol. The van der Waals surface area contributed by atoms with E-state index >= 15 is 0 Å². The van der Waals surface area contributed by atoms with Gasteiger partial charge in [0.1, 0.15) is 11.8 Å². The number of nitrogens with one attached hydrogen (secondary N) is 2. The van der Waals surface area contributed by atoms with Gasteiger partial charge in [-0.25, -0.2) is 9.52 Å². The number of carbonyl (C=O) groups is 2. The molecule has 1 atom stereocenters. The van der Waals surface area contributed by atoms with Crippen molar-refractivity contribution in [2.75, 3.05) is 13.7 Å². The molecule has 0 bridgehead atoms. The normalized spacial score (nSPS) is 13.7. The SMILES string of the molecule is COC(=O)c1ccc2c(c1)CCN(C(=O)C(CCn1cccc1C#N)NSc1cccc3[nH]ccc13)C2. The molecule has 5 rings (SSSR count). The maximum absolute atomic E-state index is 13.8. The molecule has 2 aromatic carbocycles. The van der Waals surface area contributed by atoms with Crippen molar-refractivity contribution >= 4 is 34.7 Å². The summed E-state index contributed by atoms with van der Waals surface area (Å²) in [4.78, 5) is 31.8. The van der Waals surface area contributed by atoms with E-state index < -0.39 is 6.04 Å². The smallest absolute Gasteiger partial charge is 0.337 e. The molecule has 3 heterocycles. The minimum atomic E-state index is -0.455. The zero-order valence-electron chi connectivity index (χ0n) is 20.4. The molecule has 4 aromatic rings. The van der Waals surface area contributed by atoms with Crippen LogP contribution in [0.4, 0.5) is 0 Å². The number of benzene rings is 2. The van der Waals surface area contributed by atoms with Crippen LogP contribution in [0.1, 0.15) is 33.6 Å². The number of nitriles is 1. The van der Waals surface area contributed by atoms with E-state index in [1.54, 1.807) is 12.1 Å². The molecule has 0 saturated carbocycles. The zero-order valence-corrected chi connectivity index (χ0v) is 21.3. The summed E-state index contributed by atoms with van der Waals surface area (Å²) >= 11 is 1.45. The van der Waals surface area contributed by atoms with Crippen LogP contribution < -0.4 is 4.72 Å². The fourth-order valence-corrected chi connectivity index (χ4v) is 5.62. The molecule has 37 heavy (non-hydrogen) atoms. The third-order valence-electron chi connectivity index (χ3n) is 6.72. The molecule has 9 heteroatoms. The lowest BCUT2D eigenvalue weighted by atomic mass is 9.96. The lowest BCUT2D eigenvalue weighted by molar-refractivity contribution is -0.134. The van der Waals surface area contributed by atoms with Crippen LogP contribution in [0, 0.1) is 11.3 Å². The predicted octanol–water partition coefficient (Wildman–Crippen LogP) is 4.27. The van der Waals surface area contributed by atoms with Gasteiger partial charge in [-0.2, -0.15) is 5.26 Å². The van der Waals surface area contributed by atoms with E-state index in [1.165, 1.54) is 19.1 Å². The number of hydrogen-bond donors (Lipinski definition) is 2. The first-order chi connectivity index (χ1) is 18.1. The number of amides is 1. The van der Waals surface area contributed by atoms with E-state index in [0.717, 1.165) is 26.9 Å². The number of rotatable bonds is 8. The highest BCUT2D eigenvalue weighted by molar-refractivity contribution is 7.97. The highest BCUT2D eigenvalue weighted by Crippen LogP contribution is 2.27. The second-order valence-corrected chi connectivity index (χ2v) is 9.82. The molecule has 1 unspecified atom stereocenters. The summed E-state index contributed by atoms with van der Waals surface area (Å²) in [5, 5.41) is 10.5. The number of nitrogens with zero attached hydrogens (tertiary/aromatic N) is 3. The molecule has 2 N–H and O–H groups in total. The fraction of sp³-hybridized carbons (Fsp3) is 0.250. The number of H-pyrrole nitrogens is 1. The van der Waals surface area contributed by atoms with Crippen molar-refractivity contribution in [1.82, 2.24) is 19.2 Å². The zero-order chi connectivity index (χ0) is 25.8. The maximum Gasteiger partial charge on any atom is 0.337 e. The van der Waals surface area contributed by atoms with Crippen molar-refractivity contribution in [1.29, 1.82) is 5.26 Å². The summed E-state index contributed by atoms with van der Waals surface area (Å²) in [5.74, 6) is -0.344. The molecule has 1 aliphatic heterocycles. The molecule has 188 valence electrons. The van der Waals surface area contributed by atoms with E-state index in [-0.39, 0.29) is 11.9 Å². The average Bonchev–Trinajstić information content (AvgIpc) is 3.61. The van der Waals surface area contributed by atoms with Crippen molar-refractivity contribution in [2.45, 2.75) is 36.9 Å². The first-order valence-corrected chi connectivity index (χ1v) is 12.9. The quantitative estimate of drug-likeness (QED) is 0.269. The van der Waals surface area contributed by atoms with Gasteiger partial charge in [0.05, 0.1) is 18.7 Å². The third-order valence-corrected chi connectivity index (χ3v) is 7.70. The molecule has 0 radical (unpaired) electrons. The molecule has 1 aliphatic rings. The number of fused-ring (bicyclic) bond motifs is 2. The average molecular weight is 514 g/mol. The summed E-state index contributed by atoms with van der Waals surface area (Å²) < 4.78 is 10.1. The van der Waals surface area contributed by atoms with Crippen LogP contribution in [0.5, 0.6) is 0 Å². The number of ether oxygens (including phenoxy) is 1. The standard InChI is InChI=1S/C28H27N5O3S/c1-36-28(35)20-7-8-21-18-33(14-10-19(21)16-20)27(34)25(11-15-32-13-3-4-22(32)17-29)31-37-26-6-2-5-24-23(26)9-12-30-24/h2-9,12-13,16,25,30-31H,10-11,14-15,18H2,1H3. The van der Waals surface area contributed by atoms with Gasteiger partial charge >= 0.3 is 5.97 Å². The number of methoxy groups -OCH3 is 1. The molecular weight excluding hydrogens is 486 g/mol. The Labute approximate surface area is 219 Å². The first kappa shape index (κ1) is 24.7. The Balaban J connectivity index is 1.33. The van der Waals surface area contributed by atoms with Gasteiger partial charge in [0, 0.05) is 47.8 Å². The summed E-state index contributed by atoms with van der Waals surface area (Å²) in [6.45, 7) is 1.60. The Hall–Kier alpha value is -4.00. The van der Waals surface area contributed by atoms with Crippen molar-refractivity contribution in [3.8, 4) is 6.07 Å². The number of carbonyl (C=O) groups excluding carboxylic acids is 2. The highest BCUT2D eigenvalue weighted by Gasteiger charge is 2.28. The van der Waals surface area contributed by atoms with Gasteiger partial charge < -0.3 is 19.2 Å². The highest BCUT2D eigenvalue weighted by atomic mass is 32.2. The van der Waals surface area contributed by atoms with Crippen LogP contribution in [-0.4, -0.2) is 46.0 Å². The number of aromatic nitrogens is 2. The van der Waals surface area contributed by atoms with Gasteiger partial charge in [-0.05, 0) is 78.4 Å². The molecule has 8 nitrogen and oxygen atoms in total. The van der Waals surface area contributed by atoms with Crippen molar-refractivity contribution < 1.29 is 14.3 Å². The monoisotopic (exact) mass is 513 g/mol.